The number of benzene rings is 1. The average Bonchev–Trinajstić information content (AvgIpc) is 2.86. The van der Waals surface area contributed by atoms with Crippen LogP contribution < -0.4 is 5.73 Å². The molecule has 0 saturated heterocycles. The van der Waals surface area contributed by atoms with Crippen LogP contribution in [-0.2, 0) is 6.42 Å². The fourth-order valence-corrected chi connectivity index (χ4v) is 2.20. The van der Waals surface area contributed by atoms with Gasteiger partial charge in [0.1, 0.15) is 5.82 Å². The number of aromatic nitrogens is 2. The highest BCUT2D eigenvalue weighted by atomic mass is 15.1. The first-order valence-corrected chi connectivity index (χ1v) is 6.65. The van der Waals surface area contributed by atoms with Crippen molar-refractivity contribution < 1.29 is 0 Å². The number of imidazole rings is 1. The molecule has 0 unspecified atom stereocenters. The van der Waals surface area contributed by atoms with E-state index in [4.69, 9.17) is 5.73 Å². The van der Waals surface area contributed by atoms with Crippen LogP contribution in [0.15, 0.2) is 36.7 Å². The lowest BCUT2D eigenvalue weighted by Crippen LogP contribution is -2.13. The highest BCUT2D eigenvalue weighted by molar-refractivity contribution is 5.43. The molecule has 2 rings (SSSR count). The van der Waals surface area contributed by atoms with Crippen molar-refractivity contribution >= 4 is 0 Å². The summed E-state index contributed by atoms with van der Waals surface area (Å²) in [5.74, 6) is 1.10. The van der Waals surface area contributed by atoms with Gasteiger partial charge in [-0.2, -0.15) is 0 Å². The van der Waals surface area contributed by atoms with E-state index in [0.717, 1.165) is 30.8 Å². The van der Waals surface area contributed by atoms with E-state index in [1.54, 1.807) is 0 Å². The number of rotatable bonds is 5. The molecule has 0 aliphatic heterocycles. The summed E-state index contributed by atoms with van der Waals surface area (Å²) in [6.07, 6.45) is 6.90. The molecule has 0 aliphatic carbocycles. The third kappa shape index (κ3) is 2.46. The number of para-hydroxylation sites is 1. The Morgan fingerprint density at radius 2 is 2.06 bits per heavy atom. The maximum absolute atomic E-state index is 6.19. The van der Waals surface area contributed by atoms with Crippen molar-refractivity contribution in [2.45, 2.75) is 39.2 Å². The van der Waals surface area contributed by atoms with Gasteiger partial charge in [-0.15, -0.1) is 0 Å². The lowest BCUT2D eigenvalue weighted by molar-refractivity contribution is 0.688. The van der Waals surface area contributed by atoms with E-state index in [0.29, 0.717) is 0 Å². The molecule has 3 nitrogen and oxygen atoms in total. The second kappa shape index (κ2) is 5.83. The molecule has 1 heterocycles. The predicted octanol–water partition coefficient (Wildman–Crippen LogP) is 3.23. The average molecular weight is 243 g/mol. The first kappa shape index (κ1) is 12.8. The zero-order chi connectivity index (χ0) is 13.0. The van der Waals surface area contributed by atoms with Crippen LogP contribution in [-0.4, -0.2) is 9.55 Å². The van der Waals surface area contributed by atoms with Gasteiger partial charge in [-0.3, -0.25) is 0 Å². The molecule has 1 atom stereocenters. The first-order chi connectivity index (χ1) is 8.77. The van der Waals surface area contributed by atoms with E-state index in [-0.39, 0.29) is 6.04 Å². The summed E-state index contributed by atoms with van der Waals surface area (Å²) >= 11 is 0. The zero-order valence-electron chi connectivity index (χ0n) is 11.1. The number of hydrogen-bond acceptors (Lipinski definition) is 2. The Morgan fingerprint density at radius 3 is 2.78 bits per heavy atom. The number of hydrogen-bond donors (Lipinski definition) is 1. The third-order valence-electron chi connectivity index (χ3n) is 3.23. The van der Waals surface area contributed by atoms with Crippen LogP contribution in [0.5, 0.6) is 0 Å². The third-order valence-corrected chi connectivity index (χ3v) is 3.23. The normalized spacial score (nSPS) is 12.6. The Kier molecular flexibility index (Phi) is 4.15. The molecule has 96 valence electrons. The fourth-order valence-electron chi connectivity index (χ4n) is 2.20. The molecular formula is C15H21N3. The lowest BCUT2D eigenvalue weighted by atomic mass is 10.0. The minimum Gasteiger partial charge on any atom is -0.324 e. The highest BCUT2D eigenvalue weighted by Crippen LogP contribution is 2.23. The molecule has 1 aromatic heterocycles. The molecule has 0 amide bonds. The van der Waals surface area contributed by atoms with Gasteiger partial charge in [-0.25, -0.2) is 4.98 Å². The minimum atomic E-state index is 0.0816. The summed E-state index contributed by atoms with van der Waals surface area (Å²) in [5, 5.41) is 0. The van der Waals surface area contributed by atoms with Crippen LogP contribution in [0.3, 0.4) is 0 Å². The SMILES string of the molecule is CCCc1nccn1-c1ccccc1[C@@H](N)CC. The van der Waals surface area contributed by atoms with Crippen molar-refractivity contribution in [3.63, 3.8) is 0 Å². The fraction of sp³-hybridized carbons (Fsp3) is 0.400. The maximum atomic E-state index is 6.19. The van der Waals surface area contributed by atoms with Crippen molar-refractivity contribution in [2.75, 3.05) is 0 Å². The molecular weight excluding hydrogens is 222 g/mol. The Bertz CT molecular complexity index is 502. The molecule has 3 heteroatoms. The van der Waals surface area contributed by atoms with Crippen LogP contribution >= 0.6 is 0 Å². The minimum absolute atomic E-state index is 0.0816. The summed E-state index contributed by atoms with van der Waals surface area (Å²) in [4.78, 5) is 4.43. The summed E-state index contributed by atoms with van der Waals surface area (Å²) in [6, 6.07) is 8.41. The second-order valence-electron chi connectivity index (χ2n) is 4.54. The van der Waals surface area contributed by atoms with Crippen LogP contribution in [0, 0.1) is 0 Å². The van der Waals surface area contributed by atoms with Gasteiger partial charge in [-0.05, 0) is 24.5 Å². The predicted molar refractivity (Wildman–Crippen MR) is 74.8 cm³/mol. The summed E-state index contributed by atoms with van der Waals surface area (Å²) < 4.78 is 2.16. The van der Waals surface area contributed by atoms with Gasteiger partial charge in [0.25, 0.3) is 0 Å². The smallest absolute Gasteiger partial charge is 0.113 e. The van der Waals surface area contributed by atoms with Crippen molar-refractivity contribution in [1.29, 1.82) is 0 Å². The van der Waals surface area contributed by atoms with Gasteiger partial charge >= 0.3 is 0 Å². The van der Waals surface area contributed by atoms with E-state index < -0.39 is 0 Å². The van der Waals surface area contributed by atoms with Crippen molar-refractivity contribution in [3.8, 4) is 5.69 Å². The first-order valence-electron chi connectivity index (χ1n) is 6.65. The monoisotopic (exact) mass is 243 g/mol. The van der Waals surface area contributed by atoms with Crippen LogP contribution in [0.25, 0.3) is 5.69 Å². The molecule has 2 N–H and O–H groups in total. The molecule has 0 fully saturated rings. The topological polar surface area (TPSA) is 43.8 Å². The number of aryl methyl sites for hydroxylation is 1. The van der Waals surface area contributed by atoms with Gasteiger partial charge in [0, 0.05) is 24.9 Å². The van der Waals surface area contributed by atoms with Gasteiger partial charge in [0.2, 0.25) is 0 Å². The Labute approximate surface area is 109 Å². The molecule has 0 spiro atoms. The van der Waals surface area contributed by atoms with E-state index in [9.17, 15) is 0 Å². The number of nitrogens with zero attached hydrogens (tertiary/aromatic N) is 2. The van der Waals surface area contributed by atoms with Gasteiger partial charge in [0.15, 0.2) is 0 Å². The lowest BCUT2D eigenvalue weighted by Gasteiger charge is -2.17. The van der Waals surface area contributed by atoms with Crippen LogP contribution in [0.4, 0.5) is 0 Å². The summed E-state index contributed by atoms with van der Waals surface area (Å²) in [7, 11) is 0. The Balaban J connectivity index is 2.46. The van der Waals surface area contributed by atoms with Crippen molar-refractivity contribution in [2.24, 2.45) is 5.73 Å². The Morgan fingerprint density at radius 1 is 1.28 bits per heavy atom. The zero-order valence-corrected chi connectivity index (χ0v) is 11.1. The Hall–Kier alpha value is -1.61. The molecule has 2 aromatic rings. The van der Waals surface area contributed by atoms with E-state index in [1.807, 2.05) is 18.5 Å². The van der Waals surface area contributed by atoms with Gasteiger partial charge in [-0.1, -0.05) is 32.0 Å². The summed E-state index contributed by atoms with van der Waals surface area (Å²) in [6.45, 7) is 4.28. The van der Waals surface area contributed by atoms with Crippen molar-refractivity contribution in [3.05, 3.63) is 48.0 Å². The van der Waals surface area contributed by atoms with Gasteiger partial charge in [0.05, 0.1) is 5.69 Å². The van der Waals surface area contributed by atoms with Gasteiger partial charge < -0.3 is 10.3 Å². The van der Waals surface area contributed by atoms with Crippen LogP contribution in [0.2, 0.25) is 0 Å². The largest absolute Gasteiger partial charge is 0.324 e. The van der Waals surface area contributed by atoms with Crippen molar-refractivity contribution in [1.82, 2.24) is 9.55 Å². The molecule has 0 radical (unpaired) electrons. The second-order valence-corrected chi connectivity index (χ2v) is 4.54. The quantitative estimate of drug-likeness (QED) is 0.876. The molecule has 0 aliphatic rings. The van der Waals surface area contributed by atoms with E-state index >= 15 is 0 Å². The maximum Gasteiger partial charge on any atom is 0.113 e. The number of nitrogens with two attached hydrogens (primary N) is 1. The highest BCUT2D eigenvalue weighted by Gasteiger charge is 2.12. The molecule has 1 aromatic carbocycles. The molecule has 0 bridgehead atoms. The summed E-state index contributed by atoms with van der Waals surface area (Å²) in [5.41, 5.74) is 8.54. The molecule has 18 heavy (non-hydrogen) atoms. The van der Waals surface area contributed by atoms with E-state index in [1.165, 1.54) is 5.56 Å². The molecule has 0 saturated carbocycles. The standard InChI is InChI=1S/C15H21N3/c1-3-7-15-17-10-11-18(15)14-9-6-5-8-12(14)13(16)4-2/h5-6,8-11,13H,3-4,7,16H2,1-2H3/t13-/m0/s1. The van der Waals surface area contributed by atoms with Crippen LogP contribution in [0.1, 0.15) is 44.1 Å². The van der Waals surface area contributed by atoms with E-state index in [2.05, 4.69) is 41.6 Å².